The summed E-state index contributed by atoms with van der Waals surface area (Å²) in [5.41, 5.74) is 2.84. The number of amides is 1. The molecule has 2 N–H and O–H groups in total. The van der Waals surface area contributed by atoms with E-state index in [1.807, 2.05) is 4.90 Å². The van der Waals surface area contributed by atoms with Crippen LogP contribution in [-0.2, 0) is 9.53 Å². The van der Waals surface area contributed by atoms with E-state index < -0.39 is 5.91 Å². The molecular formula is C15H17N5O4S. The predicted octanol–water partition coefficient (Wildman–Crippen LogP) is 0.609. The minimum atomic E-state index is -0.437. The third kappa shape index (κ3) is 4.64. The molecule has 0 saturated carbocycles. The summed E-state index contributed by atoms with van der Waals surface area (Å²) >= 11 is 1.03. The van der Waals surface area contributed by atoms with Crippen molar-refractivity contribution in [3.05, 3.63) is 29.8 Å². The van der Waals surface area contributed by atoms with Crippen LogP contribution in [0.15, 0.2) is 29.4 Å². The van der Waals surface area contributed by atoms with Crippen LogP contribution in [0, 0.1) is 0 Å². The summed E-state index contributed by atoms with van der Waals surface area (Å²) in [5.74, 6) is 0.596. The maximum Gasteiger partial charge on any atom is 0.278 e. The van der Waals surface area contributed by atoms with E-state index >= 15 is 0 Å². The maximum absolute atomic E-state index is 11.8. The van der Waals surface area contributed by atoms with E-state index in [0.717, 1.165) is 11.7 Å². The van der Waals surface area contributed by atoms with E-state index in [0.29, 0.717) is 43.6 Å². The van der Waals surface area contributed by atoms with Crippen molar-refractivity contribution in [3.8, 4) is 11.6 Å². The molecule has 0 aliphatic carbocycles. The van der Waals surface area contributed by atoms with Crippen LogP contribution < -0.4 is 15.1 Å². The number of para-hydroxylation sites is 1. The topological polar surface area (TPSA) is 109 Å². The largest absolute Gasteiger partial charge is 0.507 e. The third-order valence-electron chi connectivity index (χ3n) is 3.42. The van der Waals surface area contributed by atoms with E-state index in [1.54, 1.807) is 18.2 Å². The summed E-state index contributed by atoms with van der Waals surface area (Å²) in [6.45, 7) is 2.43. The number of phenolic OH excluding ortho intramolecular Hbond substituents is 1. The van der Waals surface area contributed by atoms with Crippen molar-refractivity contribution in [1.82, 2.24) is 14.2 Å². The van der Waals surface area contributed by atoms with E-state index in [1.165, 1.54) is 12.3 Å². The molecule has 0 bridgehead atoms. The normalized spacial score (nSPS) is 14.6. The van der Waals surface area contributed by atoms with Crippen LogP contribution in [0.25, 0.3) is 0 Å². The molecular weight excluding hydrogens is 346 g/mol. The molecule has 0 radical (unpaired) electrons. The van der Waals surface area contributed by atoms with Crippen LogP contribution in [0.3, 0.4) is 0 Å². The Morgan fingerprint density at radius 1 is 1.40 bits per heavy atom. The van der Waals surface area contributed by atoms with Gasteiger partial charge in [0.05, 0.1) is 31.2 Å². The zero-order valence-electron chi connectivity index (χ0n) is 13.3. The Hall–Kier alpha value is -2.72. The van der Waals surface area contributed by atoms with Gasteiger partial charge in [-0.2, -0.15) is 9.47 Å². The second kappa shape index (κ2) is 8.40. The Bertz CT molecular complexity index is 745. The predicted molar refractivity (Wildman–Crippen MR) is 92.3 cm³/mol. The van der Waals surface area contributed by atoms with Crippen molar-refractivity contribution in [2.75, 3.05) is 37.8 Å². The minimum absolute atomic E-state index is 0.0837. The molecule has 132 valence electrons. The van der Waals surface area contributed by atoms with Gasteiger partial charge in [-0.3, -0.25) is 4.79 Å². The Kier molecular flexibility index (Phi) is 5.75. The van der Waals surface area contributed by atoms with Gasteiger partial charge in [-0.05, 0) is 12.1 Å². The summed E-state index contributed by atoms with van der Waals surface area (Å²) in [4.78, 5) is 13.8. The van der Waals surface area contributed by atoms with Crippen molar-refractivity contribution in [2.45, 2.75) is 0 Å². The Morgan fingerprint density at radius 3 is 3.00 bits per heavy atom. The lowest BCUT2D eigenvalue weighted by Crippen LogP contribution is -2.36. The van der Waals surface area contributed by atoms with Crippen molar-refractivity contribution < 1.29 is 19.4 Å². The fraction of sp³-hybridized carbons (Fsp3) is 0.333. The smallest absolute Gasteiger partial charge is 0.278 e. The van der Waals surface area contributed by atoms with Gasteiger partial charge in [0.15, 0.2) is 6.61 Å². The number of phenols is 1. The van der Waals surface area contributed by atoms with Crippen molar-refractivity contribution in [3.63, 3.8) is 0 Å². The average molecular weight is 363 g/mol. The van der Waals surface area contributed by atoms with Gasteiger partial charge < -0.3 is 19.5 Å². The molecule has 9 nitrogen and oxygen atoms in total. The number of hydrogen-bond donors (Lipinski definition) is 2. The van der Waals surface area contributed by atoms with Crippen molar-refractivity contribution in [2.24, 2.45) is 5.10 Å². The van der Waals surface area contributed by atoms with Crippen LogP contribution in [0.5, 0.6) is 11.6 Å². The first kappa shape index (κ1) is 17.1. The van der Waals surface area contributed by atoms with Crippen LogP contribution in [0.2, 0.25) is 0 Å². The number of ether oxygens (including phenoxy) is 2. The first-order chi connectivity index (χ1) is 12.2. The first-order valence-corrected chi connectivity index (χ1v) is 8.35. The van der Waals surface area contributed by atoms with Gasteiger partial charge in [0, 0.05) is 18.7 Å². The molecule has 1 aromatic heterocycles. The zero-order chi connectivity index (χ0) is 17.5. The Labute approximate surface area is 148 Å². The molecule has 1 aromatic carbocycles. The first-order valence-electron chi connectivity index (χ1n) is 7.62. The zero-order valence-corrected chi connectivity index (χ0v) is 14.1. The highest BCUT2D eigenvalue weighted by molar-refractivity contribution is 6.99. The third-order valence-corrected chi connectivity index (χ3v) is 3.92. The highest BCUT2D eigenvalue weighted by atomic mass is 32.1. The second-order valence-corrected chi connectivity index (χ2v) is 5.66. The number of carbonyl (C=O) groups excluding carboxylic acids is 1. The fourth-order valence-electron chi connectivity index (χ4n) is 2.17. The van der Waals surface area contributed by atoms with Gasteiger partial charge in [0.2, 0.25) is 5.82 Å². The number of anilines is 1. The second-order valence-electron chi connectivity index (χ2n) is 5.13. The summed E-state index contributed by atoms with van der Waals surface area (Å²) in [6, 6.07) is 6.67. The van der Waals surface area contributed by atoms with Gasteiger partial charge in [0.25, 0.3) is 11.8 Å². The monoisotopic (exact) mass is 363 g/mol. The molecule has 25 heavy (non-hydrogen) atoms. The molecule has 1 amide bonds. The van der Waals surface area contributed by atoms with Gasteiger partial charge in [-0.15, -0.1) is 4.37 Å². The summed E-state index contributed by atoms with van der Waals surface area (Å²) in [6.07, 6.45) is 1.36. The minimum Gasteiger partial charge on any atom is -0.507 e. The summed E-state index contributed by atoms with van der Waals surface area (Å²) in [5, 5.41) is 13.4. The number of nitrogens with zero attached hydrogens (tertiary/aromatic N) is 4. The maximum atomic E-state index is 11.8. The molecule has 0 atom stereocenters. The molecule has 1 fully saturated rings. The molecule has 1 saturated heterocycles. The van der Waals surface area contributed by atoms with E-state index in [4.69, 9.17) is 9.47 Å². The summed E-state index contributed by atoms with van der Waals surface area (Å²) in [7, 11) is 0. The molecule has 10 heteroatoms. The number of morpholine rings is 1. The van der Waals surface area contributed by atoms with E-state index in [9.17, 15) is 9.90 Å². The number of benzene rings is 1. The van der Waals surface area contributed by atoms with Gasteiger partial charge >= 0.3 is 0 Å². The number of carbonyl (C=O) groups is 1. The summed E-state index contributed by atoms with van der Waals surface area (Å²) < 4.78 is 19.0. The molecule has 2 heterocycles. The fourth-order valence-corrected chi connectivity index (χ4v) is 2.69. The molecule has 2 aromatic rings. The van der Waals surface area contributed by atoms with Crippen LogP contribution in [0.1, 0.15) is 5.56 Å². The molecule has 3 rings (SSSR count). The number of nitrogens with one attached hydrogen (secondary N) is 1. The van der Waals surface area contributed by atoms with Crippen molar-refractivity contribution in [1.29, 1.82) is 0 Å². The van der Waals surface area contributed by atoms with E-state index in [2.05, 4.69) is 19.3 Å². The van der Waals surface area contributed by atoms with Gasteiger partial charge in [0.1, 0.15) is 5.75 Å². The molecule has 1 aliphatic heterocycles. The number of aromatic hydroxyl groups is 1. The molecule has 0 spiro atoms. The lowest BCUT2D eigenvalue weighted by atomic mass is 10.2. The number of hydrogen-bond acceptors (Lipinski definition) is 9. The van der Waals surface area contributed by atoms with Gasteiger partial charge in [-0.25, -0.2) is 5.43 Å². The van der Waals surface area contributed by atoms with Crippen LogP contribution >= 0.6 is 11.7 Å². The van der Waals surface area contributed by atoms with Crippen LogP contribution in [-0.4, -0.2) is 58.9 Å². The highest BCUT2D eigenvalue weighted by Crippen LogP contribution is 2.26. The lowest BCUT2D eigenvalue weighted by molar-refractivity contribution is -0.123. The lowest BCUT2D eigenvalue weighted by Gasteiger charge is -2.26. The Balaban J connectivity index is 1.50. The SMILES string of the molecule is O=C(COc1nsnc1N1CCOCC1)NN=Cc1ccccc1O. The quantitative estimate of drug-likeness (QED) is 0.572. The molecule has 0 unspecified atom stereocenters. The average Bonchev–Trinajstić information content (AvgIpc) is 3.11. The van der Waals surface area contributed by atoms with Gasteiger partial charge in [-0.1, -0.05) is 12.1 Å². The Morgan fingerprint density at radius 2 is 2.20 bits per heavy atom. The van der Waals surface area contributed by atoms with Crippen LogP contribution in [0.4, 0.5) is 5.82 Å². The number of hydrazone groups is 1. The number of rotatable bonds is 6. The van der Waals surface area contributed by atoms with Crippen molar-refractivity contribution >= 4 is 29.7 Å². The highest BCUT2D eigenvalue weighted by Gasteiger charge is 2.20. The molecule has 1 aliphatic rings. The standard InChI is InChI=1S/C15H17N5O4S/c21-12-4-2-1-3-11(12)9-16-17-13(22)10-24-15-14(18-25-19-15)20-5-7-23-8-6-20/h1-4,9,21H,5-8,10H2,(H,17,22). The van der Waals surface area contributed by atoms with E-state index in [-0.39, 0.29) is 12.4 Å². The number of aromatic nitrogens is 2.